The quantitative estimate of drug-likeness (QED) is 0.483. The van der Waals surface area contributed by atoms with Crippen LogP contribution in [0.4, 0.5) is 11.5 Å². The van der Waals surface area contributed by atoms with Crippen LogP contribution in [-0.2, 0) is 6.42 Å². The predicted octanol–water partition coefficient (Wildman–Crippen LogP) is 2.96. The van der Waals surface area contributed by atoms with Crippen LogP contribution in [0.15, 0.2) is 36.5 Å². The first-order valence-electron chi connectivity index (χ1n) is 7.10. The van der Waals surface area contributed by atoms with Gasteiger partial charge in [0.15, 0.2) is 0 Å². The van der Waals surface area contributed by atoms with Crippen LogP contribution in [0.1, 0.15) is 11.1 Å². The molecule has 118 valence electrons. The molecule has 1 N–H and O–H groups in total. The molecule has 0 fully saturated rings. The second-order valence-corrected chi connectivity index (χ2v) is 4.93. The Balaban J connectivity index is 1.86. The summed E-state index contributed by atoms with van der Waals surface area (Å²) in [4.78, 5) is 14.4. The van der Waals surface area contributed by atoms with Gasteiger partial charge in [-0.05, 0) is 37.1 Å². The van der Waals surface area contributed by atoms with Gasteiger partial charge in [-0.1, -0.05) is 18.1 Å². The number of pyridine rings is 1. The van der Waals surface area contributed by atoms with Crippen molar-refractivity contribution >= 4 is 11.5 Å². The normalized spacial score (nSPS) is 9.91. The van der Waals surface area contributed by atoms with E-state index in [0.29, 0.717) is 17.9 Å². The van der Waals surface area contributed by atoms with Crippen molar-refractivity contribution in [3.63, 3.8) is 0 Å². The molecule has 0 aliphatic heterocycles. The largest absolute Gasteiger partial charge is 0.481 e. The fourth-order valence-electron chi connectivity index (χ4n) is 2.05. The number of nitro groups is 1. The number of hydrogen-bond donors (Lipinski definition) is 1. The average Bonchev–Trinajstić information content (AvgIpc) is 2.54. The van der Waals surface area contributed by atoms with Crippen molar-refractivity contribution in [1.82, 2.24) is 4.98 Å². The van der Waals surface area contributed by atoms with E-state index in [1.165, 1.54) is 6.20 Å². The number of ether oxygens (including phenoxy) is 1. The Hall–Kier alpha value is -3.07. The number of nitrogens with one attached hydrogen (secondary N) is 1. The third kappa shape index (κ3) is 4.71. The van der Waals surface area contributed by atoms with Gasteiger partial charge in [0.25, 0.3) is 5.69 Å². The highest BCUT2D eigenvalue weighted by Crippen LogP contribution is 2.19. The standard InChI is InChI=1S/C17H17N3O3/c1-3-10-23-15-6-4-14(5-7-15)8-9-18-17-11-13(2)16(12-19-17)20(21)22/h1,4-7,11-12H,8-10H2,2H3,(H,18,19). The molecule has 0 aliphatic carbocycles. The smallest absolute Gasteiger partial charge is 0.290 e. The first-order valence-corrected chi connectivity index (χ1v) is 7.10. The van der Waals surface area contributed by atoms with E-state index in [1.54, 1.807) is 13.0 Å². The lowest BCUT2D eigenvalue weighted by atomic mass is 10.1. The summed E-state index contributed by atoms with van der Waals surface area (Å²) in [7, 11) is 0. The van der Waals surface area contributed by atoms with Crippen LogP contribution >= 0.6 is 0 Å². The molecule has 0 aliphatic rings. The average molecular weight is 311 g/mol. The van der Waals surface area contributed by atoms with Gasteiger partial charge in [-0.25, -0.2) is 4.98 Å². The Morgan fingerprint density at radius 2 is 2.13 bits per heavy atom. The molecule has 0 saturated heterocycles. The van der Waals surface area contributed by atoms with Crippen molar-refractivity contribution in [2.75, 3.05) is 18.5 Å². The van der Waals surface area contributed by atoms with Crippen LogP contribution in [-0.4, -0.2) is 23.1 Å². The van der Waals surface area contributed by atoms with E-state index in [0.717, 1.165) is 17.7 Å². The molecule has 1 heterocycles. The Bertz CT molecular complexity index is 721. The van der Waals surface area contributed by atoms with Crippen LogP contribution in [0.5, 0.6) is 5.75 Å². The zero-order valence-corrected chi connectivity index (χ0v) is 12.8. The van der Waals surface area contributed by atoms with Crippen LogP contribution < -0.4 is 10.1 Å². The lowest BCUT2D eigenvalue weighted by Crippen LogP contribution is -2.07. The van der Waals surface area contributed by atoms with Crippen LogP contribution in [0.2, 0.25) is 0 Å². The highest BCUT2D eigenvalue weighted by Gasteiger charge is 2.11. The number of nitrogens with zero attached hydrogens (tertiary/aromatic N) is 2. The van der Waals surface area contributed by atoms with Crippen LogP contribution in [0, 0.1) is 29.4 Å². The zero-order valence-electron chi connectivity index (χ0n) is 12.8. The van der Waals surface area contributed by atoms with Crippen molar-refractivity contribution in [2.45, 2.75) is 13.3 Å². The molecular weight excluding hydrogens is 294 g/mol. The second-order valence-electron chi connectivity index (χ2n) is 4.93. The number of anilines is 1. The molecule has 0 saturated carbocycles. The first kappa shape index (κ1) is 16.3. The molecule has 2 aromatic rings. The van der Waals surface area contributed by atoms with E-state index in [1.807, 2.05) is 24.3 Å². The third-order valence-corrected chi connectivity index (χ3v) is 3.25. The van der Waals surface area contributed by atoms with Gasteiger partial charge in [-0.2, -0.15) is 0 Å². The summed E-state index contributed by atoms with van der Waals surface area (Å²) in [5, 5.41) is 13.9. The maximum Gasteiger partial charge on any atom is 0.290 e. The van der Waals surface area contributed by atoms with Gasteiger partial charge in [0, 0.05) is 12.1 Å². The summed E-state index contributed by atoms with van der Waals surface area (Å²) < 4.78 is 5.31. The Kier molecular flexibility index (Phi) is 5.53. The number of aryl methyl sites for hydroxylation is 1. The highest BCUT2D eigenvalue weighted by molar-refractivity contribution is 5.46. The molecule has 6 nitrogen and oxygen atoms in total. The lowest BCUT2D eigenvalue weighted by Gasteiger charge is -2.07. The van der Waals surface area contributed by atoms with Crippen molar-refractivity contribution in [3.8, 4) is 18.1 Å². The van der Waals surface area contributed by atoms with Gasteiger partial charge in [0.05, 0.1) is 4.92 Å². The monoisotopic (exact) mass is 311 g/mol. The minimum Gasteiger partial charge on any atom is -0.481 e. The van der Waals surface area contributed by atoms with E-state index in [2.05, 4.69) is 16.2 Å². The summed E-state index contributed by atoms with van der Waals surface area (Å²) in [5.74, 6) is 3.79. The maximum atomic E-state index is 10.7. The molecule has 23 heavy (non-hydrogen) atoms. The van der Waals surface area contributed by atoms with E-state index >= 15 is 0 Å². The Morgan fingerprint density at radius 3 is 2.74 bits per heavy atom. The lowest BCUT2D eigenvalue weighted by molar-refractivity contribution is -0.385. The number of aromatic nitrogens is 1. The van der Waals surface area contributed by atoms with Gasteiger partial charge in [0.2, 0.25) is 0 Å². The number of rotatable bonds is 7. The Morgan fingerprint density at radius 1 is 1.39 bits per heavy atom. The third-order valence-electron chi connectivity index (χ3n) is 3.25. The molecule has 0 radical (unpaired) electrons. The van der Waals surface area contributed by atoms with E-state index in [4.69, 9.17) is 11.2 Å². The summed E-state index contributed by atoms with van der Waals surface area (Å²) in [5.41, 5.74) is 1.75. The summed E-state index contributed by atoms with van der Waals surface area (Å²) in [6, 6.07) is 9.38. The fourth-order valence-corrected chi connectivity index (χ4v) is 2.05. The van der Waals surface area contributed by atoms with Crippen molar-refractivity contribution in [3.05, 3.63) is 57.8 Å². The van der Waals surface area contributed by atoms with Gasteiger partial charge in [-0.3, -0.25) is 10.1 Å². The fraction of sp³-hybridized carbons (Fsp3) is 0.235. The van der Waals surface area contributed by atoms with Crippen molar-refractivity contribution < 1.29 is 9.66 Å². The van der Waals surface area contributed by atoms with Crippen LogP contribution in [0.25, 0.3) is 0 Å². The molecule has 0 atom stereocenters. The van der Waals surface area contributed by atoms with E-state index in [-0.39, 0.29) is 12.3 Å². The molecule has 6 heteroatoms. The highest BCUT2D eigenvalue weighted by atomic mass is 16.6. The summed E-state index contributed by atoms with van der Waals surface area (Å²) in [6.45, 7) is 2.63. The Labute approximate surface area is 134 Å². The van der Waals surface area contributed by atoms with Gasteiger partial charge in [0.1, 0.15) is 24.4 Å². The number of benzene rings is 1. The zero-order chi connectivity index (χ0) is 16.7. The van der Waals surface area contributed by atoms with E-state index in [9.17, 15) is 10.1 Å². The van der Waals surface area contributed by atoms with Crippen molar-refractivity contribution in [1.29, 1.82) is 0 Å². The molecule has 1 aromatic carbocycles. The second kappa shape index (κ2) is 7.80. The molecule has 0 spiro atoms. The SMILES string of the molecule is C#CCOc1ccc(CCNc2cc(C)c([N+](=O)[O-])cn2)cc1. The molecule has 2 rings (SSSR count). The number of hydrogen-bond acceptors (Lipinski definition) is 5. The van der Waals surface area contributed by atoms with Crippen molar-refractivity contribution in [2.24, 2.45) is 0 Å². The minimum atomic E-state index is -0.435. The van der Waals surface area contributed by atoms with Gasteiger partial charge < -0.3 is 10.1 Å². The first-order chi connectivity index (χ1) is 11.1. The topological polar surface area (TPSA) is 77.3 Å². The maximum absolute atomic E-state index is 10.7. The molecule has 0 bridgehead atoms. The van der Waals surface area contributed by atoms with Gasteiger partial charge >= 0.3 is 0 Å². The minimum absolute atomic E-state index is 0.0260. The van der Waals surface area contributed by atoms with Crippen LogP contribution in [0.3, 0.4) is 0 Å². The molecule has 0 unspecified atom stereocenters. The molecule has 0 amide bonds. The molecular formula is C17H17N3O3. The number of terminal acetylenes is 1. The van der Waals surface area contributed by atoms with Gasteiger partial charge in [-0.15, -0.1) is 6.42 Å². The molecule has 1 aromatic heterocycles. The summed E-state index contributed by atoms with van der Waals surface area (Å²) in [6.07, 6.45) is 7.21. The predicted molar refractivity (Wildman–Crippen MR) is 88.6 cm³/mol. The summed E-state index contributed by atoms with van der Waals surface area (Å²) >= 11 is 0. The van der Waals surface area contributed by atoms with E-state index < -0.39 is 4.92 Å².